The Morgan fingerprint density at radius 3 is 2.66 bits per heavy atom. The third-order valence-corrected chi connectivity index (χ3v) is 5.75. The highest BCUT2D eigenvalue weighted by Crippen LogP contribution is 2.33. The van der Waals surface area contributed by atoms with E-state index in [1.54, 1.807) is 23.7 Å². The van der Waals surface area contributed by atoms with Crippen LogP contribution in [0.25, 0.3) is 16.4 Å². The van der Waals surface area contributed by atoms with E-state index < -0.39 is 0 Å². The number of nitrogens with zero attached hydrogens (tertiary/aromatic N) is 5. The van der Waals surface area contributed by atoms with Crippen molar-refractivity contribution in [1.29, 1.82) is 0 Å². The van der Waals surface area contributed by atoms with Crippen molar-refractivity contribution >= 4 is 34.7 Å². The summed E-state index contributed by atoms with van der Waals surface area (Å²) in [6.45, 7) is 5.65. The first-order valence-corrected chi connectivity index (χ1v) is 10.0. The van der Waals surface area contributed by atoms with E-state index in [1.807, 2.05) is 38.1 Å². The van der Waals surface area contributed by atoms with Crippen molar-refractivity contribution in [3.05, 3.63) is 69.7 Å². The average molecular weight is 425 g/mol. The minimum Gasteiger partial charge on any atom is -0.306 e. The van der Waals surface area contributed by atoms with Gasteiger partial charge in [0.1, 0.15) is 22.0 Å². The van der Waals surface area contributed by atoms with E-state index in [0.29, 0.717) is 32.2 Å². The summed E-state index contributed by atoms with van der Waals surface area (Å²) in [6.07, 6.45) is 1.40. The second-order valence-electron chi connectivity index (χ2n) is 6.47. The Morgan fingerprint density at radius 2 is 1.93 bits per heavy atom. The molecule has 29 heavy (non-hydrogen) atoms. The summed E-state index contributed by atoms with van der Waals surface area (Å²) in [4.78, 5) is 26.2. The molecule has 4 aromatic rings. The summed E-state index contributed by atoms with van der Waals surface area (Å²) >= 11 is 7.55. The number of halogens is 1. The minimum atomic E-state index is -0.281. The van der Waals surface area contributed by atoms with Crippen LogP contribution in [0.2, 0.25) is 5.02 Å². The molecule has 7 nitrogen and oxygen atoms in total. The van der Waals surface area contributed by atoms with Crippen molar-refractivity contribution in [2.45, 2.75) is 20.8 Å². The van der Waals surface area contributed by atoms with E-state index in [-0.39, 0.29) is 5.91 Å². The molecule has 0 bridgehead atoms. The molecule has 0 atom stereocenters. The Morgan fingerprint density at radius 1 is 1.14 bits per heavy atom. The number of carbonyl (C=O) groups is 1. The highest BCUT2D eigenvalue weighted by Gasteiger charge is 2.18. The zero-order valence-electron chi connectivity index (χ0n) is 16.0. The highest BCUT2D eigenvalue weighted by atomic mass is 35.5. The van der Waals surface area contributed by atoms with Gasteiger partial charge in [-0.05, 0) is 32.9 Å². The van der Waals surface area contributed by atoms with Gasteiger partial charge >= 0.3 is 0 Å². The number of thiazole rings is 1. The molecule has 0 saturated carbocycles. The first-order valence-electron chi connectivity index (χ1n) is 8.82. The molecule has 0 radical (unpaired) electrons. The van der Waals surface area contributed by atoms with Crippen LogP contribution in [0.15, 0.2) is 42.7 Å². The first kappa shape index (κ1) is 19.2. The van der Waals surface area contributed by atoms with Crippen LogP contribution in [0.5, 0.6) is 0 Å². The molecule has 4 rings (SSSR count). The molecular weight excluding hydrogens is 408 g/mol. The Bertz CT molecular complexity index is 1220. The predicted molar refractivity (Wildman–Crippen MR) is 114 cm³/mol. The molecule has 0 fully saturated rings. The van der Waals surface area contributed by atoms with E-state index in [9.17, 15) is 4.79 Å². The van der Waals surface area contributed by atoms with Crippen LogP contribution in [0, 0.1) is 20.8 Å². The maximum atomic E-state index is 12.8. The van der Waals surface area contributed by atoms with Gasteiger partial charge in [0, 0.05) is 17.3 Å². The Hall–Kier alpha value is -3.10. The van der Waals surface area contributed by atoms with E-state index in [1.165, 1.54) is 17.7 Å². The van der Waals surface area contributed by atoms with Crippen molar-refractivity contribution in [3.63, 3.8) is 0 Å². The van der Waals surface area contributed by atoms with Gasteiger partial charge in [0.2, 0.25) is 0 Å². The number of aromatic nitrogens is 5. The van der Waals surface area contributed by atoms with Crippen LogP contribution < -0.4 is 5.32 Å². The fourth-order valence-corrected chi connectivity index (χ4v) is 4.20. The van der Waals surface area contributed by atoms with Gasteiger partial charge in [0.25, 0.3) is 5.91 Å². The second kappa shape index (κ2) is 7.73. The standard InChI is InChI=1S/C20H17ClN6OS/c1-11-8-12(2)27(26-11)17-9-16(22-10-23-17)25-19(28)18-13(3)24-20(29-18)14-6-4-5-7-15(14)21/h4-10H,1-3H3,(H,22,23,25,28). The normalized spacial score (nSPS) is 10.9. The minimum absolute atomic E-state index is 0.281. The third-order valence-electron chi connectivity index (χ3n) is 4.23. The molecule has 146 valence electrons. The van der Waals surface area contributed by atoms with Crippen LogP contribution in [-0.4, -0.2) is 30.6 Å². The summed E-state index contributed by atoms with van der Waals surface area (Å²) in [6, 6.07) is 11.1. The van der Waals surface area contributed by atoms with Crippen LogP contribution in [0.3, 0.4) is 0 Å². The number of anilines is 1. The third kappa shape index (κ3) is 3.90. The fraction of sp³-hybridized carbons (Fsp3) is 0.150. The van der Waals surface area contributed by atoms with E-state index in [4.69, 9.17) is 11.6 Å². The number of amides is 1. The van der Waals surface area contributed by atoms with Gasteiger partial charge in [-0.25, -0.2) is 19.6 Å². The zero-order valence-corrected chi connectivity index (χ0v) is 17.5. The maximum absolute atomic E-state index is 12.8. The van der Waals surface area contributed by atoms with Crippen LogP contribution in [0.4, 0.5) is 5.82 Å². The molecule has 0 unspecified atom stereocenters. The molecule has 1 aromatic carbocycles. The number of nitrogens with one attached hydrogen (secondary N) is 1. The zero-order chi connectivity index (χ0) is 20.5. The predicted octanol–water partition coefficient (Wildman–Crippen LogP) is 4.62. The number of carbonyl (C=O) groups excluding carboxylic acids is 1. The number of hydrogen-bond acceptors (Lipinski definition) is 6. The fourth-order valence-electron chi connectivity index (χ4n) is 2.92. The van der Waals surface area contributed by atoms with Crippen molar-refractivity contribution in [3.8, 4) is 16.4 Å². The van der Waals surface area contributed by atoms with Crippen LogP contribution in [0.1, 0.15) is 26.8 Å². The van der Waals surface area contributed by atoms with Gasteiger partial charge in [-0.2, -0.15) is 5.10 Å². The van der Waals surface area contributed by atoms with Gasteiger partial charge in [-0.15, -0.1) is 11.3 Å². The van der Waals surface area contributed by atoms with E-state index >= 15 is 0 Å². The van der Waals surface area contributed by atoms with Crippen LogP contribution >= 0.6 is 22.9 Å². The molecule has 3 heterocycles. The molecule has 1 amide bonds. The van der Waals surface area contributed by atoms with E-state index in [0.717, 1.165) is 17.0 Å². The van der Waals surface area contributed by atoms with Crippen molar-refractivity contribution in [2.24, 2.45) is 0 Å². The SMILES string of the molecule is Cc1cc(C)n(-c2cc(NC(=O)c3sc(-c4ccccc4Cl)nc3C)ncn2)n1. The van der Waals surface area contributed by atoms with Crippen molar-refractivity contribution in [1.82, 2.24) is 24.7 Å². The van der Waals surface area contributed by atoms with Crippen molar-refractivity contribution in [2.75, 3.05) is 5.32 Å². The molecule has 0 saturated heterocycles. The molecule has 9 heteroatoms. The lowest BCUT2D eigenvalue weighted by atomic mass is 10.2. The molecular formula is C20H17ClN6OS. The average Bonchev–Trinajstić information content (AvgIpc) is 3.24. The molecule has 3 aromatic heterocycles. The van der Waals surface area contributed by atoms with Gasteiger partial charge in [0.15, 0.2) is 5.82 Å². The first-order chi connectivity index (χ1) is 13.9. The largest absolute Gasteiger partial charge is 0.306 e. The summed E-state index contributed by atoms with van der Waals surface area (Å²) in [7, 11) is 0. The number of hydrogen-bond donors (Lipinski definition) is 1. The number of rotatable bonds is 4. The quantitative estimate of drug-likeness (QED) is 0.516. The number of benzene rings is 1. The molecule has 0 aliphatic carbocycles. The maximum Gasteiger partial charge on any atom is 0.268 e. The lowest BCUT2D eigenvalue weighted by Gasteiger charge is -2.06. The van der Waals surface area contributed by atoms with Crippen molar-refractivity contribution < 1.29 is 4.79 Å². The Balaban J connectivity index is 1.60. The van der Waals surface area contributed by atoms with Gasteiger partial charge in [0.05, 0.1) is 16.4 Å². The lowest BCUT2D eigenvalue weighted by Crippen LogP contribution is -2.13. The Labute approximate surface area is 176 Å². The highest BCUT2D eigenvalue weighted by molar-refractivity contribution is 7.17. The molecule has 1 N–H and O–H groups in total. The summed E-state index contributed by atoms with van der Waals surface area (Å²) < 4.78 is 1.71. The topological polar surface area (TPSA) is 85.6 Å². The molecule has 0 aliphatic heterocycles. The van der Waals surface area contributed by atoms with Crippen LogP contribution in [-0.2, 0) is 0 Å². The van der Waals surface area contributed by atoms with Gasteiger partial charge < -0.3 is 5.32 Å². The van der Waals surface area contributed by atoms with Gasteiger partial charge in [-0.1, -0.05) is 29.8 Å². The summed E-state index contributed by atoms with van der Waals surface area (Å²) in [5.74, 6) is 0.689. The van der Waals surface area contributed by atoms with Gasteiger partial charge in [-0.3, -0.25) is 4.79 Å². The second-order valence-corrected chi connectivity index (χ2v) is 7.87. The molecule has 0 aliphatic rings. The summed E-state index contributed by atoms with van der Waals surface area (Å²) in [5, 5.41) is 8.53. The lowest BCUT2D eigenvalue weighted by molar-refractivity contribution is 0.102. The Kier molecular flexibility index (Phi) is 5.12. The molecule has 0 spiro atoms. The monoisotopic (exact) mass is 424 g/mol. The summed E-state index contributed by atoms with van der Waals surface area (Å²) in [5.41, 5.74) is 3.27. The smallest absolute Gasteiger partial charge is 0.268 e. The number of aryl methyl sites for hydroxylation is 3. The van der Waals surface area contributed by atoms with E-state index in [2.05, 4.69) is 25.4 Å².